The molecule has 2 saturated heterocycles. The first kappa shape index (κ1) is 20.9. The van der Waals surface area contributed by atoms with Gasteiger partial charge < -0.3 is 25.0 Å². The largest absolute Gasteiger partial charge is 0.381 e. The first-order chi connectivity index (χ1) is 13.8. The molecule has 1 atom stereocenters. The van der Waals surface area contributed by atoms with E-state index in [-0.39, 0.29) is 0 Å². The number of anilines is 1. The Labute approximate surface area is 169 Å². The van der Waals surface area contributed by atoms with Gasteiger partial charge >= 0.3 is 0 Å². The summed E-state index contributed by atoms with van der Waals surface area (Å²) < 4.78 is 11.2. The summed E-state index contributed by atoms with van der Waals surface area (Å²) in [4.78, 5) is 6.85. The van der Waals surface area contributed by atoms with Crippen LogP contribution in [0.2, 0.25) is 0 Å². The van der Waals surface area contributed by atoms with Crippen LogP contribution < -0.4 is 15.5 Å². The lowest BCUT2D eigenvalue weighted by molar-refractivity contribution is 0.0203. The minimum absolute atomic E-state index is 0.421. The standard InChI is InChI=1S/C22H36N4O2/c1-23-22(24-12-6-14-28-18-19-10-15-27-16-11-19)25-20-7-5-13-26(17-20)21-8-3-2-4-9-21/h2-4,8-9,19-20H,5-7,10-18H2,1H3,(H2,23,24,25). The van der Waals surface area contributed by atoms with Crippen LogP contribution in [0, 0.1) is 5.92 Å². The zero-order valence-electron chi connectivity index (χ0n) is 17.2. The Balaban J connectivity index is 1.30. The van der Waals surface area contributed by atoms with Crippen LogP contribution in [0.1, 0.15) is 32.1 Å². The first-order valence-electron chi connectivity index (χ1n) is 10.8. The number of nitrogens with zero attached hydrogens (tertiary/aromatic N) is 2. The van der Waals surface area contributed by atoms with Gasteiger partial charge in [-0.25, -0.2) is 0 Å². The number of ether oxygens (including phenoxy) is 2. The molecule has 3 rings (SSSR count). The number of hydrogen-bond donors (Lipinski definition) is 2. The summed E-state index contributed by atoms with van der Waals surface area (Å²) in [7, 11) is 1.84. The topological polar surface area (TPSA) is 58.1 Å². The zero-order chi connectivity index (χ0) is 19.4. The maximum atomic E-state index is 5.84. The van der Waals surface area contributed by atoms with E-state index < -0.39 is 0 Å². The highest BCUT2D eigenvalue weighted by Crippen LogP contribution is 2.19. The molecule has 0 spiro atoms. The molecule has 2 aliphatic rings. The lowest BCUT2D eigenvalue weighted by Crippen LogP contribution is -2.51. The quantitative estimate of drug-likeness (QED) is 0.407. The molecule has 0 aliphatic carbocycles. The fourth-order valence-corrected chi connectivity index (χ4v) is 3.90. The smallest absolute Gasteiger partial charge is 0.191 e. The Kier molecular flexibility index (Phi) is 8.91. The molecule has 1 unspecified atom stereocenters. The van der Waals surface area contributed by atoms with Gasteiger partial charge in [-0.1, -0.05) is 18.2 Å². The highest BCUT2D eigenvalue weighted by atomic mass is 16.5. The average molecular weight is 389 g/mol. The molecule has 0 amide bonds. The molecule has 6 heteroatoms. The third kappa shape index (κ3) is 6.99. The molecular weight excluding hydrogens is 352 g/mol. The van der Waals surface area contributed by atoms with Crippen LogP contribution in [-0.2, 0) is 9.47 Å². The lowest BCUT2D eigenvalue weighted by Gasteiger charge is -2.35. The van der Waals surface area contributed by atoms with E-state index in [0.717, 1.165) is 71.3 Å². The van der Waals surface area contributed by atoms with Crippen LogP contribution >= 0.6 is 0 Å². The summed E-state index contributed by atoms with van der Waals surface area (Å²) in [5, 5.41) is 7.02. The van der Waals surface area contributed by atoms with E-state index >= 15 is 0 Å². The molecule has 0 bridgehead atoms. The molecule has 0 saturated carbocycles. The van der Waals surface area contributed by atoms with Crippen molar-refractivity contribution < 1.29 is 9.47 Å². The predicted molar refractivity (Wildman–Crippen MR) is 115 cm³/mol. The van der Waals surface area contributed by atoms with Gasteiger partial charge in [0.05, 0.1) is 0 Å². The molecule has 1 aromatic carbocycles. The van der Waals surface area contributed by atoms with Crippen molar-refractivity contribution >= 4 is 11.6 Å². The van der Waals surface area contributed by atoms with Gasteiger partial charge in [-0.2, -0.15) is 0 Å². The van der Waals surface area contributed by atoms with E-state index in [1.807, 2.05) is 7.05 Å². The second kappa shape index (κ2) is 11.9. The Morgan fingerprint density at radius 3 is 2.82 bits per heavy atom. The van der Waals surface area contributed by atoms with Crippen molar-refractivity contribution in [2.24, 2.45) is 10.9 Å². The van der Waals surface area contributed by atoms with Gasteiger partial charge in [0.15, 0.2) is 5.96 Å². The number of guanidine groups is 1. The summed E-state index contributed by atoms with van der Waals surface area (Å²) in [6.45, 7) is 6.46. The number of rotatable bonds is 8. The normalized spacial score (nSPS) is 21.5. The van der Waals surface area contributed by atoms with Crippen molar-refractivity contribution in [1.29, 1.82) is 0 Å². The summed E-state index contributed by atoms with van der Waals surface area (Å²) in [5.41, 5.74) is 1.30. The Bertz CT molecular complexity index is 575. The van der Waals surface area contributed by atoms with Gasteiger partial charge in [-0.3, -0.25) is 4.99 Å². The Hall–Kier alpha value is -1.79. The maximum absolute atomic E-state index is 5.84. The molecule has 156 valence electrons. The molecule has 6 nitrogen and oxygen atoms in total. The van der Waals surface area contributed by atoms with Gasteiger partial charge in [0.1, 0.15) is 0 Å². The second-order valence-electron chi connectivity index (χ2n) is 7.75. The van der Waals surface area contributed by atoms with Gasteiger partial charge in [-0.05, 0) is 50.2 Å². The fourth-order valence-electron chi connectivity index (χ4n) is 3.90. The number of benzene rings is 1. The van der Waals surface area contributed by atoms with Crippen LogP contribution in [0.4, 0.5) is 5.69 Å². The van der Waals surface area contributed by atoms with Crippen LogP contribution in [0.3, 0.4) is 0 Å². The van der Waals surface area contributed by atoms with Crippen molar-refractivity contribution in [2.75, 3.05) is 58.0 Å². The van der Waals surface area contributed by atoms with Crippen LogP contribution in [0.25, 0.3) is 0 Å². The van der Waals surface area contributed by atoms with Crippen LogP contribution in [-0.4, -0.2) is 65.1 Å². The highest BCUT2D eigenvalue weighted by molar-refractivity contribution is 5.80. The molecule has 2 aliphatic heterocycles. The van der Waals surface area contributed by atoms with Crippen molar-refractivity contribution in [2.45, 2.75) is 38.1 Å². The van der Waals surface area contributed by atoms with Gasteiger partial charge in [-0.15, -0.1) is 0 Å². The summed E-state index contributed by atoms with van der Waals surface area (Å²) in [6.07, 6.45) is 5.64. The minimum Gasteiger partial charge on any atom is -0.381 e. The molecular formula is C22H36N4O2. The monoisotopic (exact) mass is 388 g/mol. The molecule has 0 radical (unpaired) electrons. The van der Waals surface area contributed by atoms with Gasteiger partial charge in [0, 0.05) is 64.8 Å². The Morgan fingerprint density at radius 2 is 2.04 bits per heavy atom. The third-order valence-corrected chi connectivity index (χ3v) is 5.56. The number of hydrogen-bond acceptors (Lipinski definition) is 4. The van der Waals surface area contributed by atoms with Crippen LogP contribution in [0.15, 0.2) is 35.3 Å². The summed E-state index contributed by atoms with van der Waals surface area (Å²) in [5.74, 6) is 1.57. The maximum Gasteiger partial charge on any atom is 0.191 e. The predicted octanol–water partition coefficient (Wildman–Crippen LogP) is 2.65. The SMILES string of the molecule is CN=C(NCCCOCC1CCOCC1)NC1CCCN(c2ccccc2)C1. The molecule has 2 fully saturated rings. The van der Waals surface area contributed by atoms with Gasteiger partial charge in [0.25, 0.3) is 0 Å². The molecule has 28 heavy (non-hydrogen) atoms. The Morgan fingerprint density at radius 1 is 1.21 bits per heavy atom. The van der Waals surface area contributed by atoms with E-state index in [1.165, 1.54) is 18.5 Å². The molecule has 2 N–H and O–H groups in total. The number of aliphatic imine (C=N–C) groups is 1. The van der Waals surface area contributed by atoms with Crippen molar-refractivity contribution in [3.63, 3.8) is 0 Å². The van der Waals surface area contributed by atoms with Crippen molar-refractivity contribution in [1.82, 2.24) is 10.6 Å². The highest BCUT2D eigenvalue weighted by Gasteiger charge is 2.20. The zero-order valence-corrected chi connectivity index (χ0v) is 17.2. The van der Waals surface area contributed by atoms with E-state index in [2.05, 4.69) is 50.9 Å². The number of para-hydroxylation sites is 1. The van der Waals surface area contributed by atoms with E-state index in [9.17, 15) is 0 Å². The van der Waals surface area contributed by atoms with Crippen LogP contribution in [0.5, 0.6) is 0 Å². The fraction of sp³-hybridized carbons (Fsp3) is 0.682. The van der Waals surface area contributed by atoms with E-state index in [4.69, 9.17) is 9.47 Å². The van der Waals surface area contributed by atoms with Gasteiger partial charge in [0.2, 0.25) is 0 Å². The van der Waals surface area contributed by atoms with Crippen molar-refractivity contribution in [3.8, 4) is 0 Å². The summed E-state index contributed by atoms with van der Waals surface area (Å²) in [6, 6.07) is 11.1. The summed E-state index contributed by atoms with van der Waals surface area (Å²) >= 11 is 0. The first-order valence-corrected chi connectivity index (χ1v) is 10.8. The van der Waals surface area contributed by atoms with Crippen molar-refractivity contribution in [3.05, 3.63) is 30.3 Å². The number of piperidine rings is 1. The molecule has 0 aromatic heterocycles. The van der Waals surface area contributed by atoms with E-state index in [0.29, 0.717) is 12.0 Å². The second-order valence-corrected chi connectivity index (χ2v) is 7.75. The molecule has 1 aromatic rings. The number of nitrogens with one attached hydrogen (secondary N) is 2. The average Bonchev–Trinajstić information content (AvgIpc) is 2.77. The minimum atomic E-state index is 0.421. The lowest BCUT2D eigenvalue weighted by atomic mass is 10.0. The van der Waals surface area contributed by atoms with E-state index in [1.54, 1.807) is 0 Å². The molecule has 2 heterocycles. The third-order valence-electron chi connectivity index (χ3n) is 5.56.